The minimum atomic E-state index is 0.100. The molecule has 31 heavy (non-hydrogen) atoms. The van der Waals surface area contributed by atoms with Gasteiger partial charge in [-0.15, -0.1) is 0 Å². The summed E-state index contributed by atoms with van der Waals surface area (Å²) >= 11 is 7.59. The van der Waals surface area contributed by atoms with E-state index in [1.165, 1.54) is 11.8 Å². The first-order valence-corrected chi connectivity index (χ1v) is 12.6. The summed E-state index contributed by atoms with van der Waals surface area (Å²) in [7, 11) is 0. The SMILES string of the molecule is CCCN(CCC)C(=O)CSc1nc(Cl)cc(N2CCN(C(=O)CC(C)C)C(C)C2)n1. The molecule has 9 heteroatoms. The molecule has 2 amide bonds. The number of halogens is 1. The molecule has 0 N–H and O–H groups in total. The van der Waals surface area contributed by atoms with Crippen LogP contribution in [0.2, 0.25) is 5.15 Å². The third-order valence-electron chi connectivity index (χ3n) is 5.18. The van der Waals surface area contributed by atoms with Crippen LogP contribution in [0.25, 0.3) is 0 Å². The second-order valence-electron chi connectivity index (χ2n) is 8.48. The Labute approximate surface area is 195 Å². The fourth-order valence-electron chi connectivity index (χ4n) is 3.73. The first-order valence-electron chi connectivity index (χ1n) is 11.2. The van der Waals surface area contributed by atoms with E-state index in [1.807, 2.05) is 9.80 Å². The zero-order chi connectivity index (χ0) is 23.0. The topological polar surface area (TPSA) is 69.6 Å². The third-order valence-corrected chi connectivity index (χ3v) is 6.21. The second kappa shape index (κ2) is 12.5. The normalized spacial score (nSPS) is 16.7. The average molecular weight is 470 g/mol. The van der Waals surface area contributed by atoms with Crippen LogP contribution in [-0.2, 0) is 9.59 Å². The van der Waals surface area contributed by atoms with E-state index in [2.05, 4.69) is 49.5 Å². The van der Waals surface area contributed by atoms with Gasteiger partial charge in [0.1, 0.15) is 11.0 Å². The highest BCUT2D eigenvalue weighted by Crippen LogP contribution is 2.25. The number of carbonyl (C=O) groups is 2. The van der Waals surface area contributed by atoms with E-state index in [-0.39, 0.29) is 17.9 Å². The lowest BCUT2D eigenvalue weighted by molar-refractivity contribution is -0.134. The van der Waals surface area contributed by atoms with Gasteiger partial charge in [-0.25, -0.2) is 9.97 Å². The molecule has 1 aromatic rings. The zero-order valence-electron chi connectivity index (χ0n) is 19.4. The summed E-state index contributed by atoms with van der Waals surface area (Å²) in [6.45, 7) is 13.9. The lowest BCUT2D eigenvalue weighted by atomic mass is 10.1. The van der Waals surface area contributed by atoms with E-state index in [9.17, 15) is 9.59 Å². The Morgan fingerprint density at radius 1 is 1.23 bits per heavy atom. The van der Waals surface area contributed by atoms with Gasteiger partial charge in [-0.1, -0.05) is 51.1 Å². The fourth-order valence-corrected chi connectivity index (χ4v) is 4.72. The molecule has 1 unspecified atom stereocenters. The average Bonchev–Trinajstić information content (AvgIpc) is 2.70. The maximum absolute atomic E-state index is 12.6. The number of nitrogens with zero attached hydrogens (tertiary/aromatic N) is 5. The van der Waals surface area contributed by atoms with Crippen LogP contribution in [0.5, 0.6) is 0 Å². The fraction of sp³-hybridized carbons (Fsp3) is 0.727. The van der Waals surface area contributed by atoms with Gasteiger partial charge in [0.05, 0.1) is 5.75 Å². The summed E-state index contributed by atoms with van der Waals surface area (Å²) in [4.78, 5) is 40.0. The lowest BCUT2D eigenvalue weighted by Gasteiger charge is -2.40. The molecule has 2 heterocycles. The zero-order valence-corrected chi connectivity index (χ0v) is 21.0. The minimum Gasteiger partial charge on any atom is -0.353 e. The number of carbonyl (C=O) groups excluding carboxylic acids is 2. The predicted octanol–water partition coefficient (Wildman–Crippen LogP) is 3.95. The number of rotatable bonds is 10. The molecule has 0 bridgehead atoms. The van der Waals surface area contributed by atoms with Gasteiger partial charge in [0.15, 0.2) is 5.16 Å². The largest absolute Gasteiger partial charge is 0.353 e. The van der Waals surface area contributed by atoms with Crippen molar-refractivity contribution in [3.8, 4) is 0 Å². The monoisotopic (exact) mass is 469 g/mol. The highest BCUT2D eigenvalue weighted by Gasteiger charge is 2.28. The summed E-state index contributed by atoms with van der Waals surface area (Å²) in [5, 5.41) is 0.875. The molecule has 1 atom stereocenters. The van der Waals surface area contributed by atoms with Crippen LogP contribution >= 0.6 is 23.4 Å². The molecule has 0 aliphatic carbocycles. The van der Waals surface area contributed by atoms with Crippen molar-refractivity contribution in [1.29, 1.82) is 0 Å². The van der Waals surface area contributed by atoms with Gasteiger partial charge in [-0.05, 0) is 25.7 Å². The van der Waals surface area contributed by atoms with Crippen molar-refractivity contribution in [3.05, 3.63) is 11.2 Å². The summed E-state index contributed by atoms with van der Waals surface area (Å²) < 4.78 is 0. The first-order chi connectivity index (χ1) is 14.7. The van der Waals surface area contributed by atoms with E-state index in [0.717, 1.165) is 31.7 Å². The van der Waals surface area contributed by atoms with Crippen LogP contribution in [0.15, 0.2) is 11.2 Å². The van der Waals surface area contributed by atoms with Crippen molar-refractivity contribution in [2.75, 3.05) is 43.4 Å². The molecule has 0 saturated carbocycles. The molecule has 0 radical (unpaired) electrons. The Kier molecular flexibility index (Phi) is 10.4. The second-order valence-corrected chi connectivity index (χ2v) is 9.81. The molecular formula is C22H36ClN5O2S. The van der Waals surface area contributed by atoms with E-state index in [4.69, 9.17) is 11.6 Å². The van der Waals surface area contributed by atoms with Gasteiger partial charge < -0.3 is 14.7 Å². The van der Waals surface area contributed by atoms with Crippen molar-refractivity contribution in [2.45, 2.75) is 65.1 Å². The van der Waals surface area contributed by atoms with Crippen molar-refractivity contribution in [2.24, 2.45) is 5.92 Å². The van der Waals surface area contributed by atoms with Crippen molar-refractivity contribution < 1.29 is 9.59 Å². The van der Waals surface area contributed by atoms with Gasteiger partial charge in [-0.3, -0.25) is 9.59 Å². The molecule has 0 aromatic carbocycles. The van der Waals surface area contributed by atoms with E-state index < -0.39 is 0 Å². The van der Waals surface area contributed by atoms with Gasteiger partial charge in [-0.2, -0.15) is 0 Å². The van der Waals surface area contributed by atoms with Crippen molar-refractivity contribution in [1.82, 2.24) is 19.8 Å². The number of anilines is 1. The maximum atomic E-state index is 12.6. The van der Waals surface area contributed by atoms with Crippen LogP contribution in [0, 0.1) is 5.92 Å². The van der Waals surface area contributed by atoms with Gasteiger partial charge in [0, 0.05) is 51.3 Å². The molecule has 174 valence electrons. The standard InChI is InChI=1S/C22H36ClN5O2S/c1-6-8-26(9-7-2)21(30)15-31-22-24-18(23)13-19(25-22)27-10-11-28(17(5)14-27)20(29)12-16(3)4/h13,16-17H,6-12,14-15H2,1-5H3. The number of hydrogen-bond acceptors (Lipinski definition) is 6. The smallest absolute Gasteiger partial charge is 0.233 e. The highest BCUT2D eigenvalue weighted by molar-refractivity contribution is 7.99. The van der Waals surface area contributed by atoms with E-state index in [1.54, 1.807) is 6.07 Å². The molecule has 1 aliphatic heterocycles. The molecule has 1 fully saturated rings. The number of amides is 2. The summed E-state index contributed by atoms with van der Waals surface area (Å²) in [5.41, 5.74) is 0. The number of aromatic nitrogens is 2. The quantitative estimate of drug-likeness (QED) is 0.293. The predicted molar refractivity (Wildman–Crippen MR) is 128 cm³/mol. The van der Waals surface area contributed by atoms with E-state index >= 15 is 0 Å². The maximum Gasteiger partial charge on any atom is 0.233 e. The van der Waals surface area contributed by atoms with Gasteiger partial charge in [0.25, 0.3) is 0 Å². The molecular weight excluding hydrogens is 434 g/mol. The molecule has 0 spiro atoms. The number of piperazine rings is 1. The Balaban J connectivity index is 2.01. The van der Waals surface area contributed by atoms with E-state index in [0.29, 0.717) is 48.0 Å². The molecule has 7 nitrogen and oxygen atoms in total. The molecule has 1 saturated heterocycles. The van der Waals surface area contributed by atoms with Crippen LogP contribution < -0.4 is 4.90 Å². The van der Waals surface area contributed by atoms with Crippen LogP contribution in [0.4, 0.5) is 5.82 Å². The van der Waals surface area contributed by atoms with Crippen molar-refractivity contribution >= 4 is 41.0 Å². The lowest BCUT2D eigenvalue weighted by Crippen LogP contribution is -2.54. The third kappa shape index (κ3) is 7.83. The Bertz CT molecular complexity index is 743. The van der Waals surface area contributed by atoms with Gasteiger partial charge >= 0.3 is 0 Å². The molecule has 2 rings (SSSR count). The first kappa shape index (κ1) is 25.7. The van der Waals surface area contributed by atoms with Crippen molar-refractivity contribution in [3.63, 3.8) is 0 Å². The molecule has 1 aromatic heterocycles. The summed E-state index contributed by atoms with van der Waals surface area (Å²) in [5.74, 6) is 1.71. The number of hydrogen-bond donors (Lipinski definition) is 0. The Morgan fingerprint density at radius 3 is 2.48 bits per heavy atom. The number of thioether (sulfide) groups is 1. The van der Waals surface area contributed by atoms with Crippen LogP contribution in [-0.4, -0.2) is 76.1 Å². The molecule has 1 aliphatic rings. The minimum absolute atomic E-state index is 0.100. The highest BCUT2D eigenvalue weighted by atomic mass is 35.5. The summed E-state index contributed by atoms with van der Waals surface area (Å²) in [6, 6.07) is 1.86. The van der Waals surface area contributed by atoms with Crippen LogP contribution in [0.1, 0.15) is 53.9 Å². The van der Waals surface area contributed by atoms with Gasteiger partial charge in [0.2, 0.25) is 11.8 Å². The Hall–Kier alpha value is -1.54. The Morgan fingerprint density at radius 2 is 1.90 bits per heavy atom. The van der Waals surface area contributed by atoms with Crippen LogP contribution in [0.3, 0.4) is 0 Å². The summed E-state index contributed by atoms with van der Waals surface area (Å²) in [6.07, 6.45) is 2.46.